The van der Waals surface area contributed by atoms with Crippen LogP contribution < -0.4 is 15.8 Å². The van der Waals surface area contributed by atoms with Gasteiger partial charge in [0.15, 0.2) is 0 Å². The number of benzene rings is 3. The molecular weight excluding hydrogens is 487 g/mol. The van der Waals surface area contributed by atoms with Crippen LogP contribution in [0.2, 0.25) is 5.02 Å². The number of hydrogen-bond donors (Lipinski definition) is 2. The topological polar surface area (TPSA) is 55.5 Å². The van der Waals surface area contributed by atoms with Crippen molar-refractivity contribution >= 4 is 28.2 Å². The van der Waals surface area contributed by atoms with E-state index >= 15 is 0 Å². The molecule has 2 heterocycles. The number of aryl methyl sites for hydroxylation is 1. The van der Waals surface area contributed by atoms with Crippen LogP contribution >= 0.6 is 11.6 Å². The SMILES string of the molecule is NCCCn1cc(-c2ccc(OCF)cc2)c2cc(CN3CCC(Nc4cccc(Cl)c4)CC3)ccc21. The summed E-state index contributed by atoms with van der Waals surface area (Å²) < 4.78 is 19.8. The summed E-state index contributed by atoms with van der Waals surface area (Å²) in [6, 6.07) is 22.9. The van der Waals surface area contributed by atoms with Gasteiger partial charge in [-0.2, -0.15) is 0 Å². The second-order valence-corrected chi connectivity index (χ2v) is 10.1. The molecule has 37 heavy (non-hydrogen) atoms. The third-order valence-electron chi connectivity index (χ3n) is 7.12. The Kier molecular flexibility index (Phi) is 8.29. The maximum Gasteiger partial charge on any atom is 0.228 e. The van der Waals surface area contributed by atoms with Gasteiger partial charge in [0.05, 0.1) is 0 Å². The summed E-state index contributed by atoms with van der Waals surface area (Å²) in [6.07, 6.45) is 5.33. The van der Waals surface area contributed by atoms with Gasteiger partial charge in [-0.15, -0.1) is 0 Å². The van der Waals surface area contributed by atoms with Crippen LogP contribution in [0.25, 0.3) is 22.0 Å². The smallest absolute Gasteiger partial charge is 0.228 e. The Morgan fingerprint density at radius 3 is 2.57 bits per heavy atom. The van der Waals surface area contributed by atoms with Crippen molar-refractivity contribution in [3.63, 3.8) is 0 Å². The summed E-state index contributed by atoms with van der Waals surface area (Å²) in [7, 11) is 0. The molecule has 5 rings (SSSR count). The molecule has 0 atom stereocenters. The van der Waals surface area contributed by atoms with Crippen molar-refractivity contribution in [2.75, 3.05) is 31.8 Å². The molecule has 0 radical (unpaired) electrons. The highest BCUT2D eigenvalue weighted by molar-refractivity contribution is 6.30. The van der Waals surface area contributed by atoms with E-state index in [0.717, 1.165) is 61.7 Å². The zero-order valence-corrected chi connectivity index (χ0v) is 21.8. The monoisotopic (exact) mass is 520 g/mol. The zero-order chi connectivity index (χ0) is 25.6. The summed E-state index contributed by atoms with van der Waals surface area (Å²) in [5.74, 6) is 0.534. The van der Waals surface area contributed by atoms with Gasteiger partial charge in [-0.25, -0.2) is 4.39 Å². The zero-order valence-electron chi connectivity index (χ0n) is 21.0. The first-order chi connectivity index (χ1) is 18.1. The van der Waals surface area contributed by atoms with E-state index in [-0.39, 0.29) is 0 Å². The number of nitrogens with two attached hydrogens (primary N) is 1. The van der Waals surface area contributed by atoms with E-state index in [0.29, 0.717) is 18.3 Å². The van der Waals surface area contributed by atoms with Crippen LogP contribution in [0.3, 0.4) is 0 Å². The highest BCUT2D eigenvalue weighted by atomic mass is 35.5. The fourth-order valence-electron chi connectivity index (χ4n) is 5.22. The lowest BCUT2D eigenvalue weighted by Crippen LogP contribution is -2.38. The minimum absolute atomic E-state index is 0.463. The standard InChI is InChI=1S/C30H34ClFN4O/c31-24-3-1-4-26(18-24)34-25-11-15-35(16-12-25)19-22-5-10-30-28(17-22)29(20-36(30)14-2-13-33)23-6-8-27(9-7-23)37-21-32/h1,3-10,17-18,20,25,34H,2,11-16,19,21,33H2. The molecule has 0 aliphatic carbocycles. The number of alkyl halides is 1. The van der Waals surface area contributed by atoms with Gasteiger partial charge in [0.25, 0.3) is 0 Å². The van der Waals surface area contributed by atoms with Crippen molar-refractivity contribution in [3.8, 4) is 16.9 Å². The van der Waals surface area contributed by atoms with Crippen molar-refractivity contribution in [2.45, 2.75) is 38.4 Å². The number of fused-ring (bicyclic) bond motifs is 1. The molecule has 3 N–H and O–H groups in total. The summed E-state index contributed by atoms with van der Waals surface area (Å²) >= 11 is 6.14. The molecule has 194 valence electrons. The molecule has 0 spiro atoms. The summed E-state index contributed by atoms with van der Waals surface area (Å²) in [4.78, 5) is 2.53. The number of rotatable bonds is 10. The van der Waals surface area contributed by atoms with Crippen LogP contribution in [0.15, 0.2) is 72.9 Å². The molecule has 1 saturated heterocycles. The first kappa shape index (κ1) is 25.6. The first-order valence-corrected chi connectivity index (χ1v) is 13.4. The molecule has 3 aromatic carbocycles. The molecule has 7 heteroatoms. The minimum Gasteiger partial charge on any atom is -0.463 e. The van der Waals surface area contributed by atoms with Crippen LogP contribution in [0, 0.1) is 0 Å². The highest BCUT2D eigenvalue weighted by Crippen LogP contribution is 2.33. The van der Waals surface area contributed by atoms with Crippen molar-refractivity contribution < 1.29 is 9.13 Å². The lowest BCUT2D eigenvalue weighted by Gasteiger charge is -2.33. The molecule has 0 unspecified atom stereocenters. The van der Waals surface area contributed by atoms with Crippen LogP contribution in [0.5, 0.6) is 5.75 Å². The van der Waals surface area contributed by atoms with Gasteiger partial charge in [0.1, 0.15) is 5.75 Å². The summed E-state index contributed by atoms with van der Waals surface area (Å²) in [5, 5.41) is 5.62. The fraction of sp³-hybridized carbons (Fsp3) is 0.333. The quantitative estimate of drug-likeness (QED) is 0.244. The Bertz CT molecular complexity index is 1320. The van der Waals surface area contributed by atoms with Crippen LogP contribution in [-0.2, 0) is 13.1 Å². The number of halogens is 2. The number of hydrogen-bond acceptors (Lipinski definition) is 4. The molecule has 0 amide bonds. The largest absolute Gasteiger partial charge is 0.463 e. The Hall–Kier alpha value is -3.06. The lowest BCUT2D eigenvalue weighted by molar-refractivity contribution is 0.192. The Morgan fingerprint density at radius 1 is 1.03 bits per heavy atom. The van der Waals surface area contributed by atoms with Gasteiger partial charge in [-0.3, -0.25) is 4.90 Å². The van der Waals surface area contributed by atoms with Gasteiger partial charge in [-0.1, -0.05) is 35.9 Å². The molecule has 1 fully saturated rings. The number of anilines is 1. The molecule has 1 aliphatic heterocycles. The van der Waals surface area contributed by atoms with Crippen molar-refractivity contribution in [3.05, 3.63) is 83.5 Å². The Morgan fingerprint density at radius 2 is 1.84 bits per heavy atom. The van der Waals surface area contributed by atoms with E-state index in [1.54, 1.807) is 0 Å². The number of nitrogens with zero attached hydrogens (tertiary/aromatic N) is 2. The lowest BCUT2D eigenvalue weighted by atomic mass is 10.0. The predicted octanol–water partition coefficient (Wildman–Crippen LogP) is 6.69. The van der Waals surface area contributed by atoms with Gasteiger partial charge in [-0.05, 0) is 79.4 Å². The molecule has 1 aromatic heterocycles. The molecule has 5 nitrogen and oxygen atoms in total. The van der Waals surface area contributed by atoms with Crippen LogP contribution in [0.1, 0.15) is 24.8 Å². The average molecular weight is 521 g/mol. The number of nitrogens with one attached hydrogen (secondary N) is 1. The number of aromatic nitrogens is 1. The average Bonchev–Trinajstić information content (AvgIpc) is 3.27. The molecule has 4 aromatic rings. The van der Waals surface area contributed by atoms with Crippen molar-refractivity contribution in [1.82, 2.24) is 9.47 Å². The minimum atomic E-state index is -0.824. The van der Waals surface area contributed by atoms with Gasteiger partial charge >= 0.3 is 0 Å². The first-order valence-electron chi connectivity index (χ1n) is 13.0. The van der Waals surface area contributed by atoms with E-state index in [9.17, 15) is 4.39 Å². The third kappa shape index (κ3) is 6.27. The fourth-order valence-corrected chi connectivity index (χ4v) is 5.41. The third-order valence-corrected chi connectivity index (χ3v) is 7.36. The summed E-state index contributed by atoms with van der Waals surface area (Å²) in [5.41, 5.74) is 11.7. The van der Waals surface area contributed by atoms with Gasteiger partial charge < -0.3 is 20.4 Å². The highest BCUT2D eigenvalue weighted by Gasteiger charge is 2.20. The molecule has 1 aliphatic rings. The normalized spacial score (nSPS) is 14.8. The second-order valence-electron chi connectivity index (χ2n) is 9.71. The van der Waals surface area contributed by atoms with Crippen LogP contribution in [-0.4, -0.2) is 42.0 Å². The van der Waals surface area contributed by atoms with Crippen LogP contribution in [0.4, 0.5) is 10.1 Å². The maximum absolute atomic E-state index is 12.6. The predicted molar refractivity (Wildman–Crippen MR) is 151 cm³/mol. The van der Waals surface area contributed by atoms with Crippen molar-refractivity contribution in [1.29, 1.82) is 0 Å². The van der Waals surface area contributed by atoms with E-state index in [4.69, 9.17) is 22.1 Å². The Labute approximate surface area is 223 Å². The van der Waals surface area contributed by atoms with E-state index in [1.807, 2.05) is 42.5 Å². The van der Waals surface area contributed by atoms with E-state index in [2.05, 4.69) is 45.2 Å². The number of likely N-dealkylation sites (tertiary alicyclic amines) is 1. The maximum atomic E-state index is 12.6. The number of ether oxygens (including phenoxy) is 1. The number of piperidine rings is 1. The summed E-state index contributed by atoms with van der Waals surface area (Å²) in [6.45, 7) is 3.74. The molecular formula is C30H34ClFN4O. The molecule has 0 saturated carbocycles. The van der Waals surface area contributed by atoms with Gasteiger partial charge in [0, 0.05) is 65.6 Å². The molecule has 0 bridgehead atoms. The van der Waals surface area contributed by atoms with Gasteiger partial charge in [0.2, 0.25) is 6.86 Å². The Balaban J connectivity index is 1.31. The van der Waals surface area contributed by atoms with E-state index < -0.39 is 6.86 Å². The second kappa shape index (κ2) is 12.0. The van der Waals surface area contributed by atoms with Crippen molar-refractivity contribution in [2.24, 2.45) is 5.73 Å². The van der Waals surface area contributed by atoms with E-state index in [1.165, 1.54) is 22.0 Å².